The zero-order valence-electron chi connectivity index (χ0n) is 14.3. The van der Waals surface area contributed by atoms with Crippen molar-refractivity contribution >= 4 is 22.8 Å². The molecule has 0 unspecified atom stereocenters. The molecule has 7 heteroatoms. The van der Waals surface area contributed by atoms with Crippen LogP contribution in [0.4, 0.5) is 5.69 Å². The van der Waals surface area contributed by atoms with Crippen molar-refractivity contribution in [1.82, 2.24) is 9.55 Å². The molecule has 0 radical (unpaired) electrons. The molecule has 0 aliphatic rings. The molecule has 0 amide bonds. The lowest BCUT2D eigenvalue weighted by atomic mass is 10.2. The van der Waals surface area contributed by atoms with Gasteiger partial charge in [-0.25, -0.2) is 9.78 Å². The molecule has 7 nitrogen and oxygen atoms in total. The molecule has 2 N–H and O–H groups in total. The van der Waals surface area contributed by atoms with Crippen LogP contribution in [0.1, 0.15) is 16.1 Å². The lowest BCUT2D eigenvalue weighted by Crippen LogP contribution is -2.11. The van der Waals surface area contributed by atoms with Gasteiger partial charge in [0, 0.05) is 11.8 Å². The number of benzene rings is 2. The van der Waals surface area contributed by atoms with Gasteiger partial charge in [-0.15, -0.1) is 0 Å². The number of nitrogens with zero attached hydrogens (tertiary/aromatic N) is 3. The Kier molecular flexibility index (Phi) is 3.86. The average Bonchev–Trinajstić information content (AvgIpc) is 3.29. The summed E-state index contributed by atoms with van der Waals surface area (Å²) in [5, 5.41) is 9.29. The maximum absolute atomic E-state index is 12.2. The van der Waals surface area contributed by atoms with E-state index >= 15 is 0 Å². The van der Waals surface area contributed by atoms with E-state index in [1.54, 1.807) is 18.2 Å². The third-order valence-corrected chi connectivity index (χ3v) is 4.22. The minimum absolute atomic E-state index is 0.0631. The number of ether oxygens (including phenoxy) is 1. The van der Waals surface area contributed by atoms with E-state index in [1.807, 2.05) is 36.4 Å². The van der Waals surface area contributed by atoms with Crippen LogP contribution in [-0.4, -0.2) is 22.6 Å². The summed E-state index contributed by atoms with van der Waals surface area (Å²) in [6, 6.07) is 16.8. The number of carbonyl (C=O) groups excluding carboxylic acids is 1. The maximum atomic E-state index is 12.2. The molecular formula is C20H14N4O3. The number of para-hydroxylation sites is 1. The molecule has 27 heavy (non-hydrogen) atoms. The average molecular weight is 358 g/mol. The van der Waals surface area contributed by atoms with Gasteiger partial charge in [-0.1, -0.05) is 24.3 Å². The molecule has 2 aromatic carbocycles. The van der Waals surface area contributed by atoms with E-state index in [9.17, 15) is 10.1 Å². The van der Waals surface area contributed by atoms with Gasteiger partial charge in [0.25, 0.3) is 0 Å². The van der Waals surface area contributed by atoms with Crippen molar-refractivity contribution in [1.29, 1.82) is 5.26 Å². The van der Waals surface area contributed by atoms with E-state index in [0.717, 1.165) is 5.56 Å². The van der Waals surface area contributed by atoms with Crippen molar-refractivity contribution in [3.63, 3.8) is 0 Å². The summed E-state index contributed by atoms with van der Waals surface area (Å²) in [5.74, 6) is -0.184. The summed E-state index contributed by atoms with van der Waals surface area (Å²) < 4.78 is 12.2. The molecular weight excluding hydrogens is 344 g/mol. The Balaban J connectivity index is 1.97. The summed E-state index contributed by atoms with van der Waals surface area (Å²) in [6.45, 7) is 0. The number of rotatable bonds is 3. The highest BCUT2D eigenvalue weighted by Gasteiger charge is 2.23. The van der Waals surface area contributed by atoms with Gasteiger partial charge in [0.1, 0.15) is 11.6 Å². The van der Waals surface area contributed by atoms with Gasteiger partial charge in [-0.3, -0.25) is 0 Å². The number of hydrogen-bond acceptors (Lipinski definition) is 6. The second-order valence-corrected chi connectivity index (χ2v) is 5.79. The second-order valence-electron chi connectivity index (χ2n) is 5.79. The number of anilines is 1. The molecule has 0 spiro atoms. The van der Waals surface area contributed by atoms with Gasteiger partial charge in [0.2, 0.25) is 5.89 Å². The number of carbonyl (C=O) groups is 1. The second kappa shape index (κ2) is 6.35. The van der Waals surface area contributed by atoms with Gasteiger partial charge in [-0.2, -0.15) is 5.26 Å². The van der Waals surface area contributed by atoms with Crippen LogP contribution in [0.5, 0.6) is 0 Å². The number of nitrogens with two attached hydrogens (primary N) is 1. The molecule has 0 saturated heterocycles. The Labute approximate surface area is 154 Å². The highest BCUT2D eigenvalue weighted by molar-refractivity contribution is 5.97. The first-order valence-corrected chi connectivity index (χ1v) is 8.08. The SMILES string of the molecule is COC(=O)c1c(N)c(C#N)cn1-c1cccc2oc(-c3ccccc3)nc12. The summed E-state index contributed by atoms with van der Waals surface area (Å²) in [7, 11) is 1.26. The van der Waals surface area contributed by atoms with Crippen molar-refractivity contribution in [2.45, 2.75) is 0 Å². The van der Waals surface area contributed by atoms with E-state index in [4.69, 9.17) is 14.9 Å². The van der Waals surface area contributed by atoms with Gasteiger partial charge in [-0.05, 0) is 24.3 Å². The van der Waals surface area contributed by atoms with Gasteiger partial charge in [0.15, 0.2) is 11.3 Å². The molecule has 0 aliphatic carbocycles. The predicted octanol–water partition coefficient (Wildman–Crippen LogP) is 3.53. The van der Waals surface area contributed by atoms with Crippen LogP contribution < -0.4 is 5.73 Å². The molecule has 0 aliphatic heterocycles. The third kappa shape index (κ3) is 2.60. The molecule has 132 valence electrons. The third-order valence-electron chi connectivity index (χ3n) is 4.22. The summed E-state index contributed by atoms with van der Waals surface area (Å²) in [5.41, 5.74) is 8.78. The molecule has 0 fully saturated rings. The fourth-order valence-electron chi connectivity index (χ4n) is 2.94. The first kappa shape index (κ1) is 16.4. The highest BCUT2D eigenvalue weighted by atomic mass is 16.5. The van der Waals surface area contributed by atoms with Crippen molar-refractivity contribution in [2.75, 3.05) is 12.8 Å². The first-order chi connectivity index (χ1) is 13.1. The standard InChI is InChI=1S/C20H14N4O3/c1-26-20(25)18-16(22)13(10-21)11-24(18)14-8-5-9-15-17(14)23-19(27-15)12-6-3-2-4-7-12/h2-9,11H,22H2,1H3. The number of nitrogen functional groups attached to an aromatic ring is 1. The molecule has 4 rings (SSSR count). The van der Waals surface area contributed by atoms with Crippen molar-refractivity contribution in [3.05, 3.63) is 66.0 Å². The highest BCUT2D eigenvalue weighted by Crippen LogP contribution is 2.31. The smallest absolute Gasteiger partial charge is 0.357 e. The van der Waals surface area contributed by atoms with E-state index in [1.165, 1.54) is 17.9 Å². The minimum Gasteiger partial charge on any atom is -0.464 e. The number of hydrogen-bond donors (Lipinski definition) is 1. The molecule has 2 heterocycles. The van der Waals surface area contributed by atoms with Gasteiger partial charge >= 0.3 is 5.97 Å². The van der Waals surface area contributed by atoms with Crippen LogP contribution in [-0.2, 0) is 4.74 Å². The fraction of sp³-hybridized carbons (Fsp3) is 0.0500. The predicted molar refractivity (Wildman–Crippen MR) is 99.2 cm³/mol. The quantitative estimate of drug-likeness (QED) is 0.561. The lowest BCUT2D eigenvalue weighted by molar-refractivity contribution is 0.0593. The Hall–Kier alpha value is -4.05. The summed E-state index contributed by atoms with van der Waals surface area (Å²) in [6.07, 6.45) is 1.49. The summed E-state index contributed by atoms with van der Waals surface area (Å²) >= 11 is 0. The Morgan fingerprint density at radius 2 is 2.00 bits per heavy atom. The number of oxazole rings is 1. The monoisotopic (exact) mass is 358 g/mol. The van der Waals surface area contributed by atoms with E-state index in [-0.39, 0.29) is 16.9 Å². The van der Waals surface area contributed by atoms with Crippen LogP contribution >= 0.6 is 0 Å². The van der Waals surface area contributed by atoms with Crippen molar-refractivity contribution < 1.29 is 13.9 Å². The van der Waals surface area contributed by atoms with E-state index in [0.29, 0.717) is 22.7 Å². The maximum Gasteiger partial charge on any atom is 0.357 e. The largest absolute Gasteiger partial charge is 0.464 e. The molecule has 0 saturated carbocycles. The molecule has 2 aromatic heterocycles. The van der Waals surface area contributed by atoms with Crippen LogP contribution in [0.25, 0.3) is 28.2 Å². The first-order valence-electron chi connectivity index (χ1n) is 8.08. The molecule has 4 aromatic rings. The topological polar surface area (TPSA) is 107 Å². The van der Waals surface area contributed by atoms with Gasteiger partial charge in [0.05, 0.1) is 24.0 Å². The normalized spacial score (nSPS) is 10.7. The molecule has 0 bridgehead atoms. The number of nitriles is 1. The van der Waals surface area contributed by atoms with E-state index in [2.05, 4.69) is 4.98 Å². The zero-order valence-corrected chi connectivity index (χ0v) is 14.3. The number of esters is 1. The van der Waals surface area contributed by atoms with Crippen LogP contribution in [0, 0.1) is 11.3 Å². The Morgan fingerprint density at radius 1 is 1.22 bits per heavy atom. The van der Waals surface area contributed by atoms with Crippen molar-refractivity contribution in [2.24, 2.45) is 0 Å². The zero-order chi connectivity index (χ0) is 19.0. The minimum atomic E-state index is -0.641. The number of fused-ring (bicyclic) bond motifs is 1. The van der Waals surface area contributed by atoms with Crippen molar-refractivity contribution in [3.8, 4) is 23.2 Å². The van der Waals surface area contributed by atoms with Crippen LogP contribution in [0.2, 0.25) is 0 Å². The lowest BCUT2D eigenvalue weighted by Gasteiger charge is -2.08. The Bertz CT molecular complexity index is 1200. The molecule has 0 atom stereocenters. The van der Waals surface area contributed by atoms with Crippen LogP contribution in [0.15, 0.2) is 59.1 Å². The van der Waals surface area contributed by atoms with Crippen LogP contribution in [0.3, 0.4) is 0 Å². The van der Waals surface area contributed by atoms with Gasteiger partial charge < -0.3 is 19.5 Å². The number of methoxy groups -OCH3 is 1. The Morgan fingerprint density at radius 3 is 2.70 bits per heavy atom. The number of aromatic nitrogens is 2. The summed E-state index contributed by atoms with van der Waals surface area (Å²) in [4.78, 5) is 16.8. The van der Waals surface area contributed by atoms with E-state index < -0.39 is 5.97 Å². The fourth-order valence-corrected chi connectivity index (χ4v) is 2.94.